The van der Waals surface area contributed by atoms with Gasteiger partial charge in [-0.3, -0.25) is 0 Å². The first-order chi connectivity index (χ1) is 8.20. The van der Waals surface area contributed by atoms with Crippen LogP contribution in [-0.2, 0) is 0 Å². The van der Waals surface area contributed by atoms with Crippen LogP contribution in [0.15, 0.2) is 35.2 Å². The Kier molecular flexibility index (Phi) is 3.30. The van der Waals surface area contributed by atoms with Crippen LogP contribution >= 0.6 is 15.9 Å². The summed E-state index contributed by atoms with van der Waals surface area (Å²) < 4.78 is 19.3. The summed E-state index contributed by atoms with van der Waals surface area (Å²) in [5.74, 6) is -0.401. The topological polar surface area (TPSA) is 58.8 Å². The van der Waals surface area contributed by atoms with Gasteiger partial charge in [0.1, 0.15) is 6.33 Å². The van der Waals surface area contributed by atoms with E-state index >= 15 is 0 Å². The van der Waals surface area contributed by atoms with Crippen LogP contribution in [0, 0.1) is 17.1 Å². The van der Waals surface area contributed by atoms with Crippen LogP contribution in [0.4, 0.5) is 4.39 Å². The molecule has 0 N–H and O–H groups in total. The van der Waals surface area contributed by atoms with Crippen molar-refractivity contribution in [2.75, 3.05) is 0 Å². The second kappa shape index (κ2) is 4.89. The molecule has 0 saturated heterocycles. The lowest BCUT2D eigenvalue weighted by molar-refractivity contribution is 0.423. The summed E-state index contributed by atoms with van der Waals surface area (Å²) in [6.45, 7) is 0. The number of hydrogen-bond acceptors (Lipinski definition) is 4. The molecule has 0 fully saturated rings. The molecule has 0 bridgehead atoms. The van der Waals surface area contributed by atoms with E-state index in [1.807, 2.05) is 6.07 Å². The molecule has 84 valence electrons. The van der Waals surface area contributed by atoms with Crippen LogP contribution in [-0.4, -0.2) is 9.97 Å². The quantitative estimate of drug-likeness (QED) is 0.854. The summed E-state index contributed by atoms with van der Waals surface area (Å²) in [5, 5.41) is 8.60. The Hall–Kier alpha value is -2.00. The Labute approximate surface area is 105 Å². The third kappa shape index (κ3) is 2.57. The van der Waals surface area contributed by atoms with Crippen LogP contribution in [0.3, 0.4) is 0 Å². The highest BCUT2D eigenvalue weighted by Gasteiger charge is 2.09. The SMILES string of the molecule is N#Cc1ccc(Oc2ncncc2Br)c(F)c1. The summed E-state index contributed by atoms with van der Waals surface area (Å²) in [7, 11) is 0. The summed E-state index contributed by atoms with van der Waals surface area (Å²) in [5.41, 5.74) is 0.233. The predicted molar refractivity (Wildman–Crippen MR) is 60.9 cm³/mol. The molecule has 17 heavy (non-hydrogen) atoms. The van der Waals surface area contributed by atoms with E-state index in [9.17, 15) is 4.39 Å². The normalized spacial score (nSPS) is 9.71. The lowest BCUT2D eigenvalue weighted by Gasteiger charge is -2.06. The molecule has 0 aliphatic heterocycles. The molecule has 0 aliphatic rings. The molecule has 0 unspecified atom stereocenters. The average Bonchev–Trinajstić information content (AvgIpc) is 2.34. The van der Waals surface area contributed by atoms with Crippen molar-refractivity contribution in [3.8, 4) is 17.7 Å². The van der Waals surface area contributed by atoms with Gasteiger partial charge in [0.05, 0.1) is 16.1 Å². The van der Waals surface area contributed by atoms with Gasteiger partial charge in [0.25, 0.3) is 0 Å². The minimum Gasteiger partial charge on any atom is -0.435 e. The molecule has 0 saturated carbocycles. The van der Waals surface area contributed by atoms with Crippen molar-refractivity contribution in [2.24, 2.45) is 0 Å². The minimum absolute atomic E-state index is 0.00315. The van der Waals surface area contributed by atoms with Crippen LogP contribution < -0.4 is 4.74 Å². The number of nitrogens with zero attached hydrogens (tertiary/aromatic N) is 3. The third-order valence-corrected chi connectivity index (χ3v) is 2.45. The first kappa shape index (κ1) is 11.5. The minimum atomic E-state index is -0.616. The van der Waals surface area contributed by atoms with E-state index < -0.39 is 5.82 Å². The van der Waals surface area contributed by atoms with Gasteiger partial charge >= 0.3 is 0 Å². The first-order valence-electron chi connectivity index (χ1n) is 4.53. The lowest BCUT2D eigenvalue weighted by Crippen LogP contribution is -1.93. The molecule has 6 heteroatoms. The van der Waals surface area contributed by atoms with Crippen molar-refractivity contribution in [1.82, 2.24) is 9.97 Å². The smallest absolute Gasteiger partial charge is 0.236 e. The van der Waals surface area contributed by atoms with E-state index in [1.165, 1.54) is 24.7 Å². The molecule has 2 aromatic rings. The van der Waals surface area contributed by atoms with Crippen molar-refractivity contribution in [3.05, 3.63) is 46.6 Å². The fourth-order valence-corrected chi connectivity index (χ4v) is 1.44. The highest BCUT2D eigenvalue weighted by atomic mass is 79.9. The van der Waals surface area contributed by atoms with Gasteiger partial charge in [-0.1, -0.05) is 0 Å². The van der Waals surface area contributed by atoms with E-state index in [-0.39, 0.29) is 17.2 Å². The van der Waals surface area contributed by atoms with Crippen LogP contribution in [0.25, 0.3) is 0 Å². The molecular formula is C11H5BrFN3O. The molecule has 1 heterocycles. The average molecular weight is 294 g/mol. The molecule has 0 radical (unpaired) electrons. The van der Waals surface area contributed by atoms with Gasteiger partial charge in [0.15, 0.2) is 11.6 Å². The maximum Gasteiger partial charge on any atom is 0.236 e. The maximum atomic E-state index is 13.5. The molecule has 0 atom stereocenters. The monoisotopic (exact) mass is 293 g/mol. The van der Waals surface area contributed by atoms with E-state index in [0.717, 1.165) is 6.07 Å². The number of aromatic nitrogens is 2. The van der Waals surface area contributed by atoms with Crippen LogP contribution in [0.1, 0.15) is 5.56 Å². The molecule has 0 amide bonds. The highest BCUT2D eigenvalue weighted by molar-refractivity contribution is 9.10. The van der Waals surface area contributed by atoms with E-state index in [1.54, 1.807) is 0 Å². The van der Waals surface area contributed by atoms with E-state index in [4.69, 9.17) is 10.00 Å². The Balaban J connectivity index is 2.32. The largest absolute Gasteiger partial charge is 0.435 e. The molecule has 1 aromatic carbocycles. The van der Waals surface area contributed by atoms with Gasteiger partial charge in [-0.2, -0.15) is 5.26 Å². The van der Waals surface area contributed by atoms with Gasteiger partial charge in [0, 0.05) is 6.20 Å². The summed E-state index contributed by atoms with van der Waals surface area (Å²) in [6.07, 6.45) is 2.78. The first-order valence-corrected chi connectivity index (χ1v) is 5.33. The summed E-state index contributed by atoms with van der Waals surface area (Å²) in [4.78, 5) is 7.61. The number of ether oxygens (including phenoxy) is 1. The number of benzene rings is 1. The molecule has 0 spiro atoms. The predicted octanol–water partition coefficient (Wildman–Crippen LogP) is 3.04. The van der Waals surface area contributed by atoms with Gasteiger partial charge < -0.3 is 4.74 Å². The van der Waals surface area contributed by atoms with Crippen molar-refractivity contribution in [1.29, 1.82) is 5.26 Å². The zero-order valence-corrected chi connectivity index (χ0v) is 9.98. The zero-order valence-electron chi connectivity index (χ0n) is 8.39. The molecule has 1 aromatic heterocycles. The Morgan fingerprint density at radius 1 is 1.41 bits per heavy atom. The lowest BCUT2D eigenvalue weighted by atomic mass is 10.2. The molecule has 4 nitrogen and oxygen atoms in total. The summed E-state index contributed by atoms with van der Waals surface area (Å²) >= 11 is 3.18. The van der Waals surface area contributed by atoms with E-state index in [0.29, 0.717) is 4.47 Å². The van der Waals surface area contributed by atoms with Gasteiger partial charge in [-0.15, -0.1) is 0 Å². The van der Waals surface area contributed by atoms with Gasteiger partial charge in [-0.25, -0.2) is 14.4 Å². The second-order valence-electron chi connectivity index (χ2n) is 3.03. The van der Waals surface area contributed by atoms with Crippen LogP contribution in [0.2, 0.25) is 0 Å². The van der Waals surface area contributed by atoms with Crippen molar-refractivity contribution in [2.45, 2.75) is 0 Å². The molecular weight excluding hydrogens is 289 g/mol. The number of nitriles is 1. The summed E-state index contributed by atoms with van der Waals surface area (Å²) in [6, 6.07) is 5.78. The Morgan fingerprint density at radius 3 is 2.88 bits per heavy atom. The Bertz CT molecular complexity index is 598. The second-order valence-corrected chi connectivity index (χ2v) is 3.89. The highest BCUT2D eigenvalue weighted by Crippen LogP contribution is 2.28. The maximum absolute atomic E-state index is 13.5. The third-order valence-electron chi connectivity index (χ3n) is 1.90. The Morgan fingerprint density at radius 2 is 2.24 bits per heavy atom. The molecule has 2 rings (SSSR count). The van der Waals surface area contributed by atoms with Gasteiger partial charge in [-0.05, 0) is 34.1 Å². The van der Waals surface area contributed by atoms with Crippen LogP contribution in [0.5, 0.6) is 11.6 Å². The molecule has 0 aliphatic carbocycles. The standard InChI is InChI=1S/C11H5BrFN3O/c12-8-5-15-6-16-11(8)17-10-2-1-7(4-14)3-9(10)13/h1-3,5-6H. The fraction of sp³-hybridized carbons (Fsp3) is 0. The number of rotatable bonds is 2. The number of hydrogen-bond donors (Lipinski definition) is 0. The fourth-order valence-electron chi connectivity index (χ4n) is 1.13. The zero-order chi connectivity index (χ0) is 12.3. The van der Waals surface area contributed by atoms with Crippen molar-refractivity contribution >= 4 is 15.9 Å². The van der Waals surface area contributed by atoms with E-state index in [2.05, 4.69) is 25.9 Å². The van der Waals surface area contributed by atoms with Gasteiger partial charge in [0.2, 0.25) is 5.88 Å². The van der Waals surface area contributed by atoms with Crippen molar-refractivity contribution in [3.63, 3.8) is 0 Å². The number of halogens is 2. The van der Waals surface area contributed by atoms with Crippen molar-refractivity contribution < 1.29 is 9.13 Å².